The Morgan fingerprint density at radius 2 is 2.38 bits per heavy atom. The molecule has 3 N–H and O–H groups in total. The highest BCUT2D eigenvalue weighted by molar-refractivity contribution is 5.98. The molecular formula is C9H11NO3. The van der Waals surface area contributed by atoms with Crippen molar-refractivity contribution in [2.45, 2.75) is 18.9 Å². The van der Waals surface area contributed by atoms with E-state index in [0.717, 1.165) is 0 Å². The van der Waals surface area contributed by atoms with Crippen molar-refractivity contribution in [2.24, 2.45) is 5.73 Å². The van der Waals surface area contributed by atoms with Gasteiger partial charge in [-0.25, -0.2) is 0 Å². The van der Waals surface area contributed by atoms with Crippen LogP contribution in [-0.2, 0) is 9.59 Å². The zero-order valence-corrected chi connectivity index (χ0v) is 7.06. The van der Waals surface area contributed by atoms with Crippen molar-refractivity contribution in [1.29, 1.82) is 0 Å². The van der Waals surface area contributed by atoms with Crippen LogP contribution in [0, 0.1) is 0 Å². The summed E-state index contributed by atoms with van der Waals surface area (Å²) in [5.41, 5.74) is 5.79. The average Bonchev–Trinajstić information content (AvgIpc) is 2.08. The molecule has 0 heterocycles. The molecule has 0 amide bonds. The Labute approximate surface area is 75.7 Å². The molecule has 0 radical (unpaired) electrons. The molecule has 0 saturated heterocycles. The van der Waals surface area contributed by atoms with Gasteiger partial charge in [-0.05, 0) is 5.57 Å². The second kappa shape index (κ2) is 4.00. The molecule has 0 aromatic heterocycles. The van der Waals surface area contributed by atoms with E-state index in [4.69, 9.17) is 10.8 Å². The van der Waals surface area contributed by atoms with Gasteiger partial charge in [0.2, 0.25) is 0 Å². The highest BCUT2D eigenvalue weighted by Crippen LogP contribution is 2.13. The van der Waals surface area contributed by atoms with E-state index in [1.54, 1.807) is 18.2 Å². The van der Waals surface area contributed by atoms with Gasteiger partial charge >= 0.3 is 5.97 Å². The number of carboxylic acid groups (broad SMARTS) is 1. The summed E-state index contributed by atoms with van der Waals surface area (Å²) in [7, 11) is 0. The number of allylic oxidation sites excluding steroid dienone is 3. The lowest BCUT2D eigenvalue weighted by molar-refractivity contribution is -0.138. The maximum Gasteiger partial charge on any atom is 0.320 e. The molecule has 13 heavy (non-hydrogen) atoms. The molecule has 1 aliphatic rings. The third-order valence-electron chi connectivity index (χ3n) is 1.85. The molecule has 70 valence electrons. The number of nitrogens with two attached hydrogens (primary N) is 1. The normalized spacial score (nSPS) is 18.2. The number of carbonyl (C=O) groups excluding carboxylic acids is 1. The molecule has 1 aliphatic carbocycles. The van der Waals surface area contributed by atoms with Gasteiger partial charge in [-0.1, -0.05) is 18.2 Å². The van der Waals surface area contributed by atoms with Crippen molar-refractivity contribution in [3.8, 4) is 0 Å². The molecule has 0 aliphatic heterocycles. The summed E-state index contributed by atoms with van der Waals surface area (Å²) < 4.78 is 0. The van der Waals surface area contributed by atoms with Crippen LogP contribution in [0.5, 0.6) is 0 Å². The molecule has 4 nitrogen and oxygen atoms in total. The average molecular weight is 181 g/mol. The third-order valence-corrected chi connectivity index (χ3v) is 1.85. The number of rotatable bonds is 3. The van der Waals surface area contributed by atoms with Crippen molar-refractivity contribution >= 4 is 11.8 Å². The minimum absolute atomic E-state index is 0.0424. The van der Waals surface area contributed by atoms with Crippen LogP contribution in [0.25, 0.3) is 0 Å². The summed E-state index contributed by atoms with van der Waals surface area (Å²) in [6.07, 6.45) is 5.55. The molecule has 0 aromatic carbocycles. The first-order valence-electron chi connectivity index (χ1n) is 3.98. The topological polar surface area (TPSA) is 80.4 Å². The first kappa shape index (κ1) is 9.67. The molecule has 4 heteroatoms. The second-order valence-corrected chi connectivity index (χ2v) is 2.90. The van der Waals surface area contributed by atoms with E-state index in [2.05, 4.69) is 0 Å². The van der Waals surface area contributed by atoms with Gasteiger partial charge in [-0.2, -0.15) is 0 Å². The van der Waals surface area contributed by atoms with Crippen LogP contribution in [0.1, 0.15) is 12.8 Å². The van der Waals surface area contributed by atoms with Gasteiger partial charge in [0.05, 0.1) is 0 Å². The number of aliphatic carboxylic acids is 1. The fraction of sp³-hybridized carbons (Fsp3) is 0.333. The minimum atomic E-state index is -1.08. The number of Topliss-reactive ketones (excluding diaryl/α,β-unsaturated/α-hetero) is 1. The summed E-state index contributed by atoms with van der Waals surface area (Å²) in [5.74, 6) is -1.12. The van der Waals surface area contributed by atoms with E-state index in [0.29, 0.717) is 12.0 Å². The predicted octanol–water partition coefficient (Wildman–Crippen LogP) is 0.244. The van der Waals surface area contributed by atoms with E-state index in [1.165, 1.54) is 0 Å². The number of ketones is 1. The molecule has 1 rings (SSSR count). The lowest BCUT2D eigenvalue weighted by Crippen LogP contribution is -2.31. The van der Waals surface area contributed by atoms with Crippen molar-refractivity contribution in [2.75, 3.05) is 0 Å². The molecular weight excluding hydrogens is 170 g/mol. The summed E-state index contributed by atoms with van der Waals surface area (Å²) in [6, 6.07) is -0.985. The van der Waals surface area contributed by atoms with E-state index >= 15 is 0 Å². The van der Waals surface area contributed by atoms with Gasteiger partial charge < -0.3 is 10.8 Å². The molecule has 0 saturated carbocycles. The van der Waals surface area contributed by atoms with Crippen LogP contribution in [0.2, 0.25) is 0 Å². The van der Waals surface area contributed by atoms with Gasteiger partial charge in [0, 0.05) is 12.8 Å². The van der Waals surface area contributed by atoms with Crippen LogP contribution >= 0.6 is 0 Å². The Morgan fingerprint density at radius 1 is 1.69 bits per heavy atom. The SMILES string of the molecule is NC(CC1=CC=CCC1=O)C(=O)O. The first-order valence-corrected chi connectivity index (χ1v) is 3.98. The number of carbonyl (C=O) groups is 2. The molecule has 0 bridgehead atoms. The second-order valence-electron chi connectivity index (χ2n) is 2.90. The first-order chi connectivity index (χ1) is 6.11. The van der Waals surface area contributed by atoms with Gasteiger partial charge in [-0.3, -0.25) is 9.59 Å². The lowest BCUT2D eigenvalue weighted by Gasteiger charge is -2.10. The lowest BCUT2D eigenvalue weighted by atomic mass is 9.97. The Balaban J connectivity index is 2.62. The van der Waals surface area contributed by atoms with Gasteiger partial charge in [0.25, 0.3) is 0 Å². The van der Waals surface area contributed by atoms with Gasteiger partial charge in [0.15, 0.2) is 5.78 Å². The third kappa shape index (κ3) is 2.52. The van der Waals surface area contributed by atoms with E-state index in [-0.39, 0.29) is 12.2 Å². The van der Waals surface area contributed by atoms with E-state index in [1.807, 2.05) is 0 Å². The van der Waals surface area contributed by atoms with E-state index in [9.17, 15) is 9.59 Å². The summed E-state index contributed by atoms with van der Waals surface area (Å²) >= 11 is 0. The zero-order chi connectivity index (χ0) is 9.84. The molecule has 0 aromatic rings. The Kier molecular flexibility index (Phi) is 2.97. The van der Waals surface area contributed by atoms with Crippen molar-refractivity contribution in [3.63, 3.8) is 0 Å². The maximum absolute atomic E-state index is 11.2. The fourth-order valence-corrected chi connectivity index (χ4v) is 1.09. The quantitative estimate of drug-likeness (QED) is 0.653. The monoisotopic (exact) mass is 181 g/mol. The standard InChI is InChI=1S/C9H11NO3/c10-7(9(12)13)5-6-3-1-2-4-8(6)11/h1-3,7H,4-5,10H2,(H,12,13). The highest BCUT2D eigenvalue weighted by atomic mass is 16.4. The number of hydrogen-bond donors (Lipinski definition) is 2. The Bertz CT molecular complexity index is 291. The number of hydrogen-bond acceptors (Lipinski definition) is 3. The number of carboxylic acids is 1. The minimum Gasteiger partial charge on any atom is -0.480 e. The summed E-state index contributed by atoms with van der Waals surface area (Å²) in [4.78, 5) is 21.6. The van der Waals surface area contributed by atoms with Crippen molar-refractivity contribution in [3.05, 3.63) is 23.8 Å². The largest absolute Gasteiger partial charge is 0.480 e. The van der Waals surface area contributed by atoms with E-state index < -0.39 is 12.0 Å². The summed E-state index contributed by atoms with van der Waals surface area (Å²) in [5, 5.41) is 8.52. The van der Waals surface area contributed by atoms with Crippen LogP contribution in [0.4, 0.5) is 0 Å². The van der Waals surface area contributed by atoms with Crippen LogP contribution < -0.4 is 5.73 Å². The predicted molar refractivity (Wildman–Crippen MR) is 47.1 cm³/mol. The maximum atomic E-state index is 11.2. The molecule has 1 unspecified atom stereocenters. The van der Waals surface area contributed by atoms with Crippen molar-refractivity contribution in [1.82, 2.24) is 0 Å². The fourth-order valence-electron chi connectivity index (χ4n) is 1.09. The Morgan fingerprint density at radius 3 is 2.92 bits per heavy atom. The Hall–Kier alpha value is -1.42. The molecule has 0 spiro atoms. The highest BCUT2D eigenvalue weighted by Gasteiger charge is 2.18. The van der Waals surface area contributed by atoms with Crippen LogP contribution in [0.15, 0.2) is 23.8 Å². The molecule has 0 fully saturated rings. The zero-order valence-electron chi connectivity index (χ0n) is 7.06. The summed E-state index contributed by atoms with van der Waals surface area (Å²) in [6.45, 7) is 0. The van der Waals surface area contributed by atoms with Gasteiger partial charge in [-0.15, -0.1) is 0 Å². The molecule has 1 atom stereocenters. The van der Waals surface area contributed by atoms with Gasteiger partial charge in [0.1, 0.15) is 6.04 Å². The van der Waals surface area contributed by atoms with Crippen LogP contribution in [0.3, 0.4) is 0 Å². The van der Waals surface area contributed by atoms with Crippen molar-refractivity contribution < 1.29 is 14.7 Å². The van der Waals surface area contributed by atoms with Crippen LogP contribution in [-0.4, -0.2) is 22.9 Å². The smallest absolute Gasteiger partial charge is 0.320 e.